The van der Waals surface area contributed by atoms with E-state index in [9.17, 15) is 9.59 Å². The third-order valence-corrected chi connectivity index (χ3v) is 1.60. The van der Waals surface area contributed by atoms with Gasteiger partial charge in [0.1, 0.15) is 5.60 Å². The Balaban J connectivity index is 2.23. The maximum Gasteiger partial charge on any atom is 0.426 e. The number of carbonyl (C=O) groups excluding carboxylic acids is 2. The SMILES string of the molecule is CC(C)(C)OC(=O)NNC(=O)[C]1[CH][CH][CH][CH]1. The fourth-order valence-corrected chi connectivity index (χ4v) is 1.01. The molecular weight excluding hydrogens is 208 g/mol. The van der Waals surface area contributed by atoms with Gasteiger partial charge >= 0.3 is 6.09 Å². The highest BCUT2D eigenvalue weighted by molar-refractivity contribution is 5.96. The molecular formula is C11H15N2O3. The van der Waals surface area contributed by atoms with Gasteiger partial charge in [-0.15, -0.1) is 0 Å². The van der Waals surface area contributed by atoms with E-state index in [1.165, 1.54) is 0 Å². The predicted octanol–water partition coefficient (Wildman–Crippen LogP) is 0.948. The molecule has 5 nitrogen and oxygen atoms in total. The first-order valence-electron chi connectivity index (χ1n) is 4.89. The summed E-state index contributed by atoms with van der Waals surface area (Å²) < 4.78 is 4.94. The van der Waals surface area contributed by atoms with Crippen LogP contribution in [0.5, 0.6) is 0 Å². The van der Waals surface area contributed by atoms with E-state index in [2.05, 4.69) is 10.9 Å². The fraction of sp³-hybridized carbons (Fsp3) is 0.364. The summed E-state index contributed by atoms with van der Waals surface area (Å²) >= 11 is 0. The van der Waals surface area contributed by atoms with Crippen molar-refractivity contribution >= 4 is 12.0 Å². The molecule has 16 heavy (non-hydrogen) atoms. The lowest BCUT2D eigenvalue weighted by molar-refractivity contribution is -0.119. The number of carbonyl (C=O) groups is 2. The summed E-state index contributed by atoms with van der Waals surface area (Å²) in [5.74, 6) is 0.104. The molecule has 0 aromatic rings. The third kappa shape index (κ3) is 4.51. The molecule has 0 atom stereocenters. The van der Waals surface area contributed by atoms with Gasteiger partial charge in [0.2, 0.25) is 5.91 Å². The molecule has 0 bridgehead atoms. The van der Waals surface area contributed by atoms with Crippen molar-refractivity contribution in [3.63, 3.8) is 0 Å². The predicted molar refractivity (Wildman–Crippen MR) is 58.0 cm³/mol. The van der Waals surface area contributed by atoms with Crippen LogP contribution in [0.3, 0.4) is 0 Å². The van der Waals surface area contributed by atoms with Crippen LogP contribution in [-0.4, -0.2) is 17.6 Å². The molecule has 87 valence electrons. The Morgan fingerprint density at radius 3 is 2.19 bits per heavy atom. The van der Waals surface area contributed by atoms with Crippen molar-refractivity contribution in [1.82, 2.24) is 10.9 Å². The monoisotopic (exact) mass is 223 g/mol. The lowest BCUT2D eigenvalue weighted by atomic mass is 10.1. The van der Waals surface area contributed by atoms with Crippen LogP contribution in [0.1, 0.15) is 20.8 Å². The minimum atomic E-state index is -0.688. The molecule has 1 saturated carbocycles. The molecule has 2 amide bonds. The van der Waals surface area contributed by atoms with Gasteiger partial charge in [0.25, 0.3) is 0 Å². The lowest BCUT2D eigenvalue weighted by Gasteiger charge is -2.20. The minimum Gasteiger partial charge on any atom is -0.443 e. The molecule has 5 heteroatoms. The standard InChI is InChI=1S/C11H15N2O3/c1-11(2,3)16-10(15)13-12-9(14)8-6-4-5-7-8/h4-7H,1-3H3,(H,12,14)(H,13,15). The van der Waals surface area contributed by atoms with E-state index in [0.717, 1.165) is 0 Å². The minimum absolute atomic E-state index is 0.379. The molecule has 0 aliphatic heterocycles. The van der Waals surface area contributed by atoms with Crippen molar-refractivity contribution in [1.29, 1.82) is 0 Å². The number of hydrazine groups is 1. The van der Waals surface area contributed by atoms with E-state index >= 15 is 0 Å². The van der Waals surface area contributed by atoms with Gasteiger partial charge in [-0.05, 0) is 46.5 Å². The van der Waals surface area contributed by atoms with Gasteiger partial charge in [-0.2, -0.15) is 0 Å². The molecule has 0 saturated heterocycles. The van der Waals surface area contributed by atoms with E-state index in [1.807, 2.05) is 0 Å². The average molecular weight is 223 g/mol. The number of hydrogen-bond donors (Lipinski definition) is 2. The Hall–Kier alpha value is -1.26. The molecule has 1 rings (SSSR count). The largest absolute Gasteiger partial charge is 0.443 e. The third-order valence-electron chi connectivity index (χ3n) is 1.60. The van der Waals surface area contributed by atoms with Crippen molar-refractivity contribution in [2.75, 3.05) is 0 Å². The Morgan fingerprint density at radius 2 is 1.69 bits per heavy atom. The van der Waals surface area contributed by atoms with Crippen LogP contribution in [0, 0.1) is 31.6 Å². The molecule has 1 fully saturated rings. The zero-order valence-corrected chi connectivity index (χ0v) is 9.53. The van der Waals surface area contributed by atoms with Crippen LogP contribution < -0.4 is 10.9 Å². The van der Waals surface area contributed by atoms with Gasteiger partial charge in [-0.25, -0.2) is 10.2 Å². The van der Waals surface area contributed by atoms with Gasteiger partial charge in [0, 0.05) is 0 Å². The summed E-state index contributed by atoms with van der Waals surface area (Å²) in [4.78, 5) is 22.6. The van der Waals surface area contributed by atoms with Crippen LogP contribution in [0.15, 0.2) is 0 Å². The summed E-state index contributed by atoms with van der Waals surface area (Å²) in [5.41, 5.74) is 3.82. The summed E-state index contributed by atoms with van der Waals surface area (Å²) in [6.45, 7) is 5.22. The lowest BCUT2D eigenvalue weighted by Crippen LogP contribution is -2.45. The van der Waals surface area contributed by atoms with Crippen molar-refractivity contribution < 1.29 is 14.3 Å². The number of amides is 2. The molecule has 0 aromatic carbocycles. The normalized spacial score (nSPS) is 16.9. The Kier molecular flexibility index (Phi) is 4.15. The van der Waals surface area contributed by atoms with E-state index in [-0.39, 0.29) is 5.91 Å². The van der Waals surface area contributed by atoms with Crippen LogP contribution in [0.2, 0.25) is 0 Å². The molecule has 2 N–H and O–H groups in total. The Bertz CT molecular complexity index is 265. The molecule has 5 radical (unpaired) electrons. The molecule has 1 aliphatic carbocycles. The molecule has 0 unspecified atom stereocenters. The number of nitrogens with one attached hydrogen (secondary N) is 2. The Labute approximate surface area is 95.9 Å². The average Bonchev–Trinajstić information content (AvgIpc) is 2.64. The van der Waals surface area contributed by atoms with E-state index in [0.29, 0.717) is 5.92 Å². The fourth-order valence-electron chi connectivity index (χ4n) is 1.01. The summed E-state index contributed by atoms with van der Waals surface area (Å²) in [6, 6.07) is 0. The van der Waals surface area contributed by atoms with Gasteiger partial charge in [0.05, 0.1) is 5.92 Å². The topological polar surface area (TPSA) is 67.4 Å². The second-order valence-electron chi connectivity index (χ2n) is 4.25. The highest BCUT2D eigenvalue weighted by Crippen LogP contribution is 2.22. The van der Waals surface area contributed by atoms with Gasteiger partial charge in [-0.1, -0.05) is 0 Å². The maximum atomic E-state index is 11.4. The number of rotatable bonds is 1. The molecule has 0 heterocycles. The van der Waals surface area contributed by atoms with Crippen molar-refractivity contribution in [3.8, 4) is 0 Å². The second-order valence-corrected chi connectivity index (χ2v) is 4.25. The van der Waals surface area contributed by atoms with E-state index in [1.54, 1.807) is 46.5 Å². The first kappa shape index (κ1) is 12.8. The van der Waals surface area contributed by atoms with Gasteiger partial charge < -0.3 is 4.74 Å². The summed E-state index contributed by atoms with van der Waals surface area (Å²) in [7, 11) is 0. The van der Waals surface area contributed by atoms with Crippen LogP contribution >= 0.6 is 0 Å². The maximum absolute atomic E-state index is 11.4. The summed E-state index contributed by atoms with van der Waals surface area (Å²) in [5, 5.41) is 0. The van der Waals surface area contributed by atoms with E-state index in [4.69, 9.17) is 4.74 Å². The number of hydrogen-bond acceptors (Lipinski definition) is 3. The highest BCUT2D eigenvalue weighted by Gasteiger charge is 2.25. The second kappa shape index (κ2) is 5.18. The first-order valence-corrected chi connectivity index (χ1v) is 4.89. The van der Waals surface area contributed by atoms with Crippen molar-refractivity contribution in [3.05, 3.63) is 31.6 Å². The molecule has 1 aliphatic rings. The van der Waals surface area contributed by atoms with Crippen LogP contribution in [-0.2, 0) is 9.53 Å². The number of ether oxygens (including phenoxy) is 1. The van der Waals surface area contributed by atoms with Gasteiger partial charge in [0.15, 0.2) is 0 Å². The quantitative estimate of drug-likeness (QED) is 0.650. The molecule has 0 spiro atoms. The first-order chi connectivity index (χ1) is 7.38. The zero-order valence-electron chi connectivity index (χ0n) is 9.53. The smallest absolute Gasteiger partial charge is 0.426 e. The zero-order chi connectivity index (χ0) is 12.2. The highest BCUT2D eigenvalue weighted by atomic mass is 16.6. The van der Waals surface area contributed by atoms with Gasteiger partial charge in [-0.3, -0.25) is 10.2 Å². The van der Waals surface area contributed by atoms with Crippen LogP contribution in [0.25, 0.3) is 0 Å². The Morgan fingerprint density at radius 1 is 1.12 bits per heavy atom. The van der Waals surface area contributed by atoms with Crippen molar-refractivity contribution in [2.24, 2.45) is 0 Å². The molecule has 0 aromatic heterocycles. The van der Waals surface area contributed by atoms with Crippen LogP contribution in [0.4, 0.5) is 4.79 Å². The van der Waals surface area contributed by atoms with Crippen molar-refractivity contribution in [2.45, 2.75) is 26.4 Å². The summed E-state index contributed by atoms with van der Waals surface area (Å²) in [6.07, 6.45) is 6.08. The van der Waals surface area contributed by atoms with E-state index < -0.39 is 11.7 Å².